The lowest BCUT2D eigenvalue weighted by Crippen LogP contribution is -2.35. The molecule has 31 heavy (non-hydrogen) atoms. The SMILES string of the molecule is COc1ccc(Cn2nnc(C(=O)O)c2Oc2ccc3c(c2)N(C(C)C)CCC3)cc1. The third-order valence-corrected chi connectivity index (χ3v) is 5.43. The second kappa shape index (κ2) is 8.67. The van der Waals surface area contributed by atoms with Gasteiger partial charge in [-0.25, -0.2) is 9.48 Å². The molecule has 1 aliphatic rings. The van der Waals surface area contributed by atoms with E-state index in [4.69, 9.17) is 9.47 Å². The molecule has 8 heteroatoms. The van der Waals surface area contributed by atoms with Gasteiger partial charge < -0.3 is 19.5 Å². The molecule has 0 aliphatic carbocycles. The van der Waals surface area contributed by atoms with E-state index < -0.39 is 5.97 Å². The molecule has 0 radical (unpaired) electrons. The summed E-state index contributed by atoms with van der Waals surface area (Å²) in [4.78, 5) is 14.1. The number of aromatic carboxylic acids is 1. The Labute approximate surface area is 181 Å². The quantitative estimate of drug-likeness (QED) is 0.616. The number of aromatic nitrogens is 3. The number of carboxylic acids is 1. The molecule has 2 aromatic carbocycles. The Bertz CT molecular complexity index is 1080. The molecule has 0 saturated carbocycles. The highest BCUT2D eigenvalue weighted by Gasteiger charge is 2.24. The molecule has 0 fully saturated rings. The van der Waals surface area contributed by atoms with Crippen LogP contribution in [0.4, 0.5) is 5.69 Å². The molecule has 3 aromatic rings. The molecule has 0 atom stereocenters. The van der Waals surface area contributed by atoms with Crippen molar-refractivity contribution < 1.29 is 19.4 Å². The van der Waals surface area contributed by atoms with Crippen molar-refractivity contribution >= 4 is 11.7 Å². The van der Waals surface area contributed by atoms with E-state index in [-0.39, 0.29) is 11.6 Å². The topological polar surface area (TPSA) is 89.7 Å². The lowest BCUT2D eigenvalue weighted by Gasteiger charge is -2.34. The van der Waals surface area contributed by atoms with E-state index in [0.717, 1.165) is 36.4 Å². The molecular weight excluding hydrogens is 396 g/mol. The first-order valence-electron chi connectivity index (χ1n) is 10.3. The Hall–Kier alpha value is -3.55. The van der Waals surface area contributed by atoms with Gasteiger partial charge in [-0.3, -0.25) is 0 Å². The summed E-state index contributed by atoms with van der Waals surface area (Å²) < 4.78 is 12.7. The number of hydrogen-bond donors (Lipinski definition) is 1. The number of methoxy groups -OCH3 is 1. The highest BCUT2D eigenvalue weighted by Crippen LogP contribution is 2.34. The van der Waals surface area contributed by atoms with Crippen LogP contribution >= 0.6 is 0 Å². The second-order valence-corrected chi connectivity index (χ2v) is 7.84. The van der Waals surface area contributed by atoms with Gasteiger partial charge >= 0.3 is 5.97 Å². The molecule has 8 nitrogen and oxygen atoms in total. The molecule has 2 heterocycles. The molecule has 4 rings (SSSR count). The maximum atomic E-state index is 11.7. The van der Waals surface area contributed by atoms with Crippen LogP contribution in [-0.2, 0) is 13.0 Å². The van der Waals surface area contributed by atoms with Crippen LogP contribution in [0.5, 0.6) is 17.4 Å². The van der Waals surface area contributed by atoms with Crippen molar-refractivity contribution in [2.75, 3.05) is 18.6 Å². The fourth-order valence-corrected chi connectivity index (χ4v) is 3.84. The number of benzene rings is 2. The Kier molecular flexibility index (Phi) is 5.79. The summed E-state index contributed by atoms with van der Waals surface area (Å²) in [6.07, 6.45) is 2.14. The van der Waals surface area contributed by atoms with Gasteiger partial charge in [0.2, 0.25) is 5.69 Å². The number of aryl methyl sites for hydroxylation is 1. The monoisotopic (exact) mass is 422 g/mol. The summed E-state index contributed by atoms with van der Waals surface area (Å²) in [5, 5.41) is 17.4. The maximum absolute atomic E-state index is 11.7. The molecule has 162 valence electrons. The van der Waals surface area contributed by atoms with Crippen molar-refractivity contribution in [1.82, 2.24) is 15.0 Å². The first-order valence-corrected chi connectivity index (χ1v) is 10.3. The Morgan fingerprint density at radius 3 is 2.58 bits per heavy atom. The minimum Gasteiger partial charge on any atom is -0.497 e. The minimum atomic E-state index is -1.18. The molecule has 0 amide bonds. The Morgan fingerprint density at radius 2 is 1.90 bits per heavy atom. The van der Waals surface area contributed by atoms with Gasteiger partial charge in [-0.15, -0.1) is 5.10 Å². The number of hydrogen-bond acceptors (Lipinski definition) is 6. The summed E-state index contributed by atoms with van der Waals surface area (Å²) in [6.45, 7) is 5.64. The molecular formula is C23H26N4O4. The molecule has 0 spiro atoms. The highest BCUT2D eigenvalue weighted by atomic mass is 16.5. The zero-order valence-electron chi connectivity index (χ0n) is 17.9. The van der Waals surface area contributed by atoms with Crippen LogP contribution in [0.3, 0.4) is 0 Å². The van der Waals surface area contributed by atoms with E-state index in [1.807, 2.05) is 36.4 Å². The number of rotatable bonds is 7. The van der Waals surface area contributed by atoms with Crippen LogP contribution in [0.1, 0.15) is 41.9 Å². The largest absolute Gasteiger partial charge is 0.497 e. The van der Waals surface area contributed by atoms with Gasteiger partial charge in [0.05, 0.1) is 13.7 Å². The number of ether oxygens (including phenoxy) is 2. The lowest BCUT2D eigenvalue weighted by molar-refractivity contribution is 0.0687. The predicted octanol–water partition coefficient (Wildman–Crippen LogP) is 3.99. The number of fused-ring (bicyclic) bond motifs is 1. The lowest BCUT2D eigenvalue weighted by atomic mass is 10.0. The van der Waals surface area contributed by atoms with E-state index in [0.29, 0.717) is 18.3 Å². The van der Waals surface area contributed by atoms with E-state index >= 15 is 0 Å². The maximum Gasteiger partial charge on any atom is 0.362 e. The van der Waals surface area contributed by atoms with Gasteiger partial charge in [0.1, 0.15) is 11.5 Å². The Morgan fingerprint density at radius 1 is 1.16 bits per heavy atom. The number of anilines is 1. The van der Waals surface area contributed by atoms with Gasteiger partial charge in [-0.05, 0) is 56.0 Å². The van der Waals surface area contributed by atoms with Gasteiger partial charge in [0.25, 0.3) is 5.88 Å². The van der Waals surface area contributed by atoms with Gasteiger partial charge in [0, 0.05) is 24.3 Å². The van der Waals surface area contributed by atoms with Crippen molar-refractivity contribution in [1.29, 1.82) is 0 Å². The Balaban J connectivity index is 1.65. The summed E-state index contributed by atoms with van der Waals surface area (Å²) >= 11 is 0. The molecule has 1 N–H and O–H groups in total. The molecule has 1 aromatic heterocycles. The van der Waals surface area contributed by atoms with Crippen molar-refractivity contribution in [3.63, 3.8) is 0 Å². The number of nitrogens with zero attached hydrogens (tertiary/aromatic N) is 4. The fraction of sp³-hybridized carbons (Fsp3) is 0.348. The van der Waals surface area contributed by atoms with Crippen molar-refractivity contribution in [2.24, 2.45) is 0 Å². The van der Waals surface area contributed by atoms with Crippen molar-refractivity contribution in [2.45, 2.75) is 39.3 Å². The molecule has 1 aliphatic heterocycles. The van der Waals surface area contributed by atoms with E-state index in [9.17, 15) is 9.90 Å². The van der Waals surface area contributed by atoms with Crippen molar-refractivity contribution in [3.05, 3.63) is 59.3 Å². The summed E-state index contributed by atoms with van der Waals surface area (Å²) in [5.41, 5.74) is 3.11. The first-order chi connectivity index (χ1) is 15.0. The molecule has 0 bridgehead atoms. The van der Waals surface area contributed by atoms with E-state index in [1.54, 1.807) is 7.11 Å². The van der Waals surface area contributed by atoms with Gasteiger partial charge in [-0.1, -0.05) is 23.4 Å². The van der Waals surface area contributed by atoms with Gasteiger partial charge in [0.15, 0.2) is 0 Å². The van der Waals surface area contributed by atoms with Crippen LogP contribution in [0, 0.1) is 0 Å². The van der Waals surface area contributed by atoms with Gasteiger partial charge in [-0.2, -0.15) is 0 Å². The molecule has 0 saturated heterocycles. The highest BCUT2D eigenvalue weighted by molar-refractivity contribution is 5.87. The minimum absolute atomic E-state index is 0.107. The zero-order valence-corrected chi connectivity index (χ0v) is 17.9. The average Bonchev–Trinajstić information content (AvgIpc) is 3.16. The third-order valence-electron chi connectivity index (χ3n) is 5.43. The third kappa shape index (κ3) is 4.33. The summed E-state index contributed by atoms with van der Waals surface area (Å²) in [6, 6.07) is 13.7. The van der Waals surface area contributed by atoms with Crippen LogP contribution in [0.2, 0.25) is 0 Å². The van der Waals surface area contributed by atoms with Crippen LogP contribution in [-0.4, -0.2) is 45.8 Å². The van der Waals surface area contributed by atoms with Crippen molar-refractivity contribution in [3.8, 4) is 17.4 Å². The number of carbonyl (C=O) groups is 1. The summed E-state index contributed by atoms with van der Waals surface area (Å²) in [5.74, 6) is 0.230. The zero-order chi connectivity index (χ0) is 22.0. The predicted molar refractivity (Wildman–Crippen MR) is 116 cm³/mol. The van der Waals surface area contributed by atoms with E-state index in [1.165, 1.54) is 10.2 Å². The smallest absolute Gasteiger partial charge is 0.362 e. The first kappa shape index (κ1) is 20.7. The second-order valence-electron chi connectivity index (χ2n) is 7.84. The van der Waals surface area contributed by atoms with E-state index in [2.05, 4.69) is 35.1 Å². The van der Waals surface area contributed by atoms with Crippen LogP contribution in [0.15, 0.2) is 42.5 Å². The fourth-order valence-electron chi connectivity index (χ4n) is 3.84. The average molecular weight is 422 g/mol. The number of carboxylic acid groups (broad SMARTS) is 1. The standard InChI is InChI=1S/C23H26N4O4/c1-15(2)26-12-4-5-17-8-11-19(13-20(17)26)31-22-21(23(28)29)24-25-27(22)14-16-6-9-18(30-3)10-7-16/h6-11,13,15H,4-5,12,14H2,1-3H3,(H,28,29). The van der Waals surface area contributed by atoms with Crippen LogP contribution in [0.25, 0.3) is 0 Å². The normalized spacial score (nSPS) is 13.2. The van der Waals surface area contributed by atoms with Crippen LogP contribution < -0.4 is 14.4 Å². The molecule has 0 unspecified atom stereocenters. The summed E-state index contributed by atoms with van der Waals surface area (Å²) in [7, 11) is 1.61.